The maximum Gasteiger partial charge on any atom is 0.306 e. The molecule has 0 aromatic carbocycles. The summed E-state index contributed by atoms with van der Waals surface area (Å²) in [6, 6.07) is 0. The summed E-state index contributed by atoms with van der Waals surface area (Å²) in [7, 11) is 0. The fraction of sp³-hybridized carbons (Fsp3) is 0.750. The van der Waals surface area contributed by atoms with E-state index in [-0.39, 0.29) is 12.1 Å². The average molecular weight is 143 g/mol. The van der Waals surface area contributed by atoms with Gasteiger partial charge in [-0.05, 0) is 20.3 Å². The van der Waals surface area contributed by atoms with Crippen molar-refractivity contribution in [1.82, 2.24) is 0 Å². The van der Waals surface area contributed by atoms with E-state index >= 15 is 0 Å². The molecule has 1 unspecified atom stereocenters. The lowest BCUT2D eigenvalue weighted by atomic mass is 10.2. The van der Waals surface area contributed by atoms with Crippen molar-refractivity contribution in [3.8, 4) is 0 Å². The van der Waals surface area contributed by atoms with Crippen LogP contribution in [0.5, 0.6) is 0 Å². The summed E-state index contributed by atoms with van der Waals surface area (Å²) < 4.78 is 4.80. The fourth-order valence-corrected chi connectivity index (χ4v) is 0.604. The molecule has 2 nitrogen and oxygen atoms in total. The third-order valence-corrected chi connectivity index (χ3v) is 1.07. The standard InChI is InChI=1S/C8H15O2/c1-4-5-6-8(9)10-7(2)3/h7H,2,4-6H2,1,3H3. The lowest BCUT2D eigenvalue weighted by molar-refractivity contribution is -0.146. The Labute approximate surface area is 62.6 Å². The summed E-state index contributed by atoms with van der Waals surface area (Å²) in [5.74, 6) is -0.135. The van der Waals surface area contributed by atoms with E-state index < -0.39 is 0 Å². The third kappa shape index (κ3) is 5.60. The molecular formula is C8H15O2. The highest BCUT2D eigenvalue weighted by molar-refractivity contribution is 5.69. The van der Waals surface area contributed by atoms with Gasteiger partial charge < -0.3 is 4.74 Å². The summed E-state index contributed by atoms with van der Waals surface area (Å²) in [5.41, 5.74) is 0. The van der Waals surface area contributed by atoms with Crippen LogP contribution in [0.2, 0.25) is 0 Å². The van der Waals surface area contributed by atoms with Crippen molar-refractivity contribution >= 4 is 5.97 Å². The highest BCUT2D eigenvalue weighted by atomic mass is 16.5. The van der Waals surface area contributed by atoms with Gasteiger partial charge in [0.15, 0.2) is 0 Å². The van der Waals surface area contributed by atoms with E-state index in [0.29, 0.717) is 6.42 Å². The van der Waals surface area contributed by atoms with Gasteiger partial charge in [0.05, 0.1) is 6.10 Å². The van der Waals surface area contributed by atoms with E-state index in [4.69, 9.17) is 4.74 Å². The number of carbonyl (C=O) groups is 1. The number of esters is 1. The molecule has 0 fully saturated rings. The van der Waals surface area contributed by atoms with Gasteiger partial charge in [-0.2, -0.15) is 0 Å². The SMILES string of the molecule is [CH2]C(C)OC(=O)CCCC. The van der Waals surface area contributed by atoms with Crippen LogP contribution in [0, 0.1) is 6.92 Å². The van der Waals surface area contributed by atoms with Crippen LogP contribution < -0.4 is 0 Å². The van der Waals surface area contributed by atoms with E-state index in [0.717, 1.165) is 12.8 Å². The number of unbranched alkanes of at least 4 members (excludes halogenated alkanes) is 1. The molecule has 1 radical (unpaired) electrons. The largest absolute Gasteiger partial charge is 0.463 e. The van der Waals surface area contributed by atoms with Gasteiger partial charge in [-0.1, -0.05) is 13.3 Å². The topological polar surface area (TPSA) is 26.3 Å². The van der Waals surface area contributed by atoms with Crippen molar-refractivity contribution in [3.05, 3.63) is 6.92 Å². The number of hydrogen-bond donors (Lipinski definition) is 0. The Bertz CT molecular complexity index is 97.4. The molecule has 59 valence electrons. The van der Waals surface area contributed by atoms with Gasteiger partial charge in [-0.25, -0.2) is 0 Å². The molecule has 0 spiro atoms. The maximum absolute atomic E-state index is 10.8. The first-order valence-electron chi connectivity index (χ1n) is 3.69. The van der Waals surface area contributed by atoms with E-state index in [2.05, 4.69) is 6.92 Å². The first-order chi connectivity index (χ1) is 4.66. The van der Waals surface area contributed by atoms with Gasteiger partial charge in [0.1, 0.15) is 0 Å². The van der Waals surface area contributed by atoms with E-state index in [1.54, 1.807) is 6.92 Å². The van der Waals surface area contributed by atoms with Crippen LogP contribution >= 0.6 is 0 Å². The molecule has 1 atom stereocenters. The molecule has 0 rings (SSSR count). The molecule has 0 aliphatic heterocycles. The van der Waals surface area contributed by atoms with E-state index in [1.165, 1.54) is 0 Å². The zero-order valence-electron chi connectivity index (χ0n) is 6.72. The van der Waals surface area contributed by atoms with Crippen LogP contribution in [0.1, 0.15) is 33.1 Å². The molecule has 0 saturated carbocycles. The highest BCUT2D eigenvalue weighted by Crippen LogP contribution is 1.98. The molecule has 0 aliphatic carbocycles. The maximum atomic E-state index is 10.8. The van der Waals surface area contributed by atoms with Crippen LogP contribution in [-0.4, -0.2) is 12.1 Å². The minimum atomic E-state index is -0.218. The van der Waals surface area contributed by atoms with Gasteiger partial charge in [0, 0.05) is 6.42 Å². The summed E-state index contributed by atoms with van der Waals surface area (Å²) in [6.45, 7) is 7.34. The van der Waals surface area contributed by atoms with Crippen LogP contribution in [0.25, 0.3) is 0 Å². The highest BCUT2D eigenvalue weighted by Gasteiger charge is 2.02. The number of ether oxygens (including phenoxy) is 1. The Morgan fingerprint density at radius 1 is 1.70 bits per heavy atom. The number of rotatable bonds is 4. The van der Waals surface area contributed by atoms with Gasteiger partial charge in [0.25, 0.3) is 0 Å². The number of carbonyl (C=O) groups excluding carboxylic acids is 1. The summed E-state index contributed by atoms with van der Waals surface area (Å²) in [6.07, 6.45) is 2.24. The summed E-state index contributed by atoms with van der Waals surface area (Å²) in [5, 5.41) is 0. The second-order valence-corrected chi connectivity index (χ2v) is 2.40. The van der Waals surface area contributed by atoms with Crippen LogP contribution in [-0.2, 0) is 9.53 Å². The molecule has 2 heteroatoms. The first kappa shape index (κ1) is 9.47. The smallest absolute Gasteiger partial charge is 0.306 e. The predicted molar refractivity (Wildman–Crippen MR) is 40.4 cm³/mol. The Kier molecular flexibility index (Phi) is 4.99. The average Bonchev–Trinajstić information content (AvgIpc) is 1.82. The van der Waals surface area contributed by atoms with Gasteiger partial charge >= 0.3 is 5.97 Å². The molecule has 10 heavy (non-hydrogen) atoms. The van der Waals surface area contributed by atoms with E-state index in [9.17, 15) is 4.79 Å². The molecule has 0 saturated heterocycles. The Hall–Kier alpha value is -0.530. The van der Waals surface area contributed by atoms with Crippen molar-refractivity contribution in [1.29, 1.82) is 0 Å². The van der Waals surface area contributed by atoms with Gasteiger partial charge in [-0.15, -0.1) is 0 Å². The zero-order valence-corrected chi connectivity index (χ0v) is 6.72. The summed E-state index contributed by atoms with van der Waals surface area (Å²) in [4.78, 5) is 10.8. The normalized spacial score (nSPS) is 10.0. The van der Waals surface area contributed by atoms with Crippen molar-refractivity contribution in [3.63, 3.8) is 0 Å². The second-order valence-electron chi connectivity index (χ2n) is 2.40. The number of hydrogen-bond acceptors (Lipinski definition) is 2. The molecule has 0 aliphatic rings. The quantitative estimate of drug-likeness (QED) is 0.562. The Balaban J connectivity index is 3.26. The third-order valence-electron chi connectivity index (χ3n) is 1.07. The van der Waals surface area contributed by atoms with Gasteiger partial charge in [-0.3, -0.25) is 4.79 Å². The monoisotopic (exact) mass is 143 g/mol. The molecule has 0 N–H and O–H groups in total. The predicted octanol–water partition coefficient (Wildman–Crippen LogP) is 1.94. The minimum Gasteiger partial charge on any atom is -0.463 e. The molecule has 0 bridgehead atoms. The van der Waals surface area contributed by atoms with Crippen LogP contribution in [0.3, 0.4) is 0 Å². The van der Waals surface area contributed by atoms with Gasteiger partial charge in [0.2, 0.25) is 0 Å². The first-order valence-corrected chi connectivity index (χ1v) is 3.69. The lowest BCUT2D eigenvalue weighted by Gasteiger charge is -2.06. The van der Waals surface area contributed by atoms with Crippen molar-refractivity contribution in [2.45, 2.75) is 39.2 Å². The van der Waals surface area contributed by atoms with Crippen molar-refractivity contribution in [2.75, 3.05) is 0 Å². The minimum absolute atomic E-state index is 0.135. The Morgan fingerprint density at radius 2 is 2.30 bits per heavy atom. The molecule has 0 heterocycles. The van der Waals surface area contributed by atoms with Crippen molar-refractivity contribution < 1.29 is 9.53 Å². The second kappa shape index (κ2) is 5.27. The van der Waals surface area contributed by atoms with E-state index in [1.807, 2.05) is 6.92 Å². The Morgan fingerprint density at radius 3 is 2.70 bits per heavy atom. The van der Waals surface area contributed by atoms with Crippen LogP contribution in [0.15, 0.2) is 0 Å². The molecular weight excluding hydrogens is 128 g/mol. The molecule has 0 amide bonds. The van der Waals surface area contributed by atoms with Crippen molar-refractivity contribution in [2.24, 2.45) is 0 Å². The zero-order chi connectivity index (χ0) is 7.98. The summed E-state index contributed by atoms with van der Waals surface area (Å²) >= 11 is 0. The van der Waals surface area contributed by atoms with Crippen LogP contribution in [0.4, 0.5) is 0 Å². The lowest BCUT2D eigenvalue weighted by Crippen LogP contribution is -2.10. The molecule has 0 aromatic heterocycles. The molecule has 0 aromatic rings. The fourth-order valence-electron chi connectivity index (χ4n) is 0.604.